The Morgan fingerprint density at radius 1 is 1.06 bits per heavy atom. The minimum Gasteiger partial charge on any atom is -0.497 e. The minimum atomic E-state index is -0.284. The summed E-state index contributed by atoms with van der Waals surface area (Å²) in [5.41, 5.74) is 4.59. The first-order chi connectivity index (χ1) is 15.4. The van der Waals surface area contributed by atoms with Gasteiger partial charge >= 0.3 is 0 Å². The quantitative estimate of drug-likeness (QED) is 0.635. The highest BCUT2D eigenvalue weighted by Crippen LogP contribution is 2.23. The van der Waals surface area contributed by atoms with Gasteiger partial charge in [0.25, 0.3) is 0 Å². The fourth-order valence-corrected chi connectivity index (χ4v) is 4.28. The van der Waals surface area contributed by atoms with Crippen molar-refractivity contribution in [1.29, 1.82) is 0 Å². The van der Waals surface area contributed by atoms with E-state index in [1.165, 1.54) is 17.8 Å². The van der Waals surface area contributed by atoms with Crippen LogP contribution in [0.4, 0.5) is 10.1 Å². The Hall–Kier alpha value is -3.35. The van der Waals surface area contributed by atoms with Crippen molar-refractivity contribution < 1.29 is 13.9 Å². The van der Waals surface area contributed by atoms with E-state index in [2.05, 4.69) is 27.4 Å². The maximum atomic E-state index is 13.2. The van der Waals surface area contributed by atoms with Crippen LogP contribution in [-0.2, 0) is 11.2 Å². The predicted octanol–water partition coefficient (Wildman–Crippen LogP) is 3.96. The van der Waals surface area contributed by atoms with Crippen molar-refractivity contribution >= 4 is 11.6 Å². The zero-order valence-corrected chi connectivity index (χ0v) is 18.8. The molecule has 0 saturated carbocycles. The maximum absolute atomic E-state index is 13.2. The first kappa shape index (κ1) is 21.9. The fraction of sp³-hybridized carbons (Fsp3) is 0.360. The van der Waals surface area contributed by atoms with Gasteiger partial charge in [-0.2, -0.15) is 5.10 Å². The lowest BCUT2D eigenvalue weighted by molar-refractivity contribution is -0.121. The number of amides is 1. The van der Waals surface area contributed by atoms with Crippen molar-refractivity contribution in [3.8, 4) is 11.4 Å². The number of aromatic nitrogens is 2. The van der Waals surface area contributed by atoms with Crippen molar-refractivity contribution in [2.45, 2.75) is 39.2 Å². The van der Waals surface area contributed by atoms with E-state index in [0.29, 0.717) is 0 Å². The lowest BCUT2D eigenvalue weighted by atomic mass is 10.0. The first-order valence-corrected chi connectivity index (χ1v) is 10.9. The third-order valence-corrected chi connectivity index (χ3v) is 6.15. The number of carbonyl (C=O) groups is 1. The van der Waals surface area contributed by atoms with Crippen LogP contribution in [0.1, 0.15) is 29.8 Å². The summed E-state index contributed by atoms with van der Waals surface area (Å²) in [7, 11) is 1.67. The van der Waals surface area contributed by atoms with Crippen LogP contribution >= 0.6 is 0 Å². The lowest BCUT2D eigenvalue weighted by Gasteiger charge is -2.34. The van der Waals surface area contributed by atoms with Gasteiger partial charge in [-0.1, -0.05) is 0 Å². The van der Waals surface area contributed by atoms with Gasteiger partial charge in [-0.15, -0.1) is 0 Å². The van der Waals surface area contributed by atoms with Gasteiger partial charge in [0.05, 0.1) is 24.9 Å². The average Bonchev–Trinajstić information content (AvgIpc) is 3.08. The summed E-state index contributed by atoms with van der Waals surface area (Å²) in [6.07, 6.45) is 2.10. The number of halogens is 1. The topological polar surface area (TPSA) is 59.4 Å². The number of hydrogen-bond donors (Lipinski definition) is 1. The zero-order valence-electron chi connectivity index (χ0n) is 18.8. The molecule has 1 aliphatic rings. The molecule has 0 aliphatic carbocycles. The van der Waals surface area contributed by atoms with Gasteiger partial charge in [-0.3, -0.25) is 4.79 Å². The second-order valence-electron chi connectivity index (χ2n) is 8.24. The number of piperidine rings is 1. The van der Waals surface area contributed by atoms with E-state index in [-0.39, 0.29) is 24.2 Å². The van der Waals surface area contributed by atoms with Gasteiger partial charge in [-0.05, 0) is 75.2 Å². The molecule has 2 heterocycles. The molecule has 0 bridgehead atoms. The van der Waals surface area contributed by atoms with Crippen molar-refractivity contribution in [2.75, 3.05) is 25.1 Å². The largest absolute Gasteiger partial charge is 0.497 e. The highest BCUT2D eigenvalue weighted by atomic mass is 19.1. The molecule has 1 amide bonds. The van der Waals surface area contributed by atoms with Gasteiger partial charge in [0.15, 0.2) is 0 Å². The Morgan fingerprint density at radius 3 is 2.31 bits per heavy atom. The van der Waals surface area contributed by atoms with Gasteiger partial charge in [0, 0.05) is 36.1 Å². The van der Waals surface area contributed by atoms with E-state index < -0.39 is 0 Å². The molecule has 2 aromatic carbocycles. The summed E-state index contributed by atoms with van der Waals surface area (Å²) in [4.78, 5) is 15.1. The van der Waals surface area contributed by atoms with Gasteiger partial charge in [0.1, 0.15) is 11.6 Å². The normalized spacial score (nSPS) is 14.4. The molecule has 1 N–H and O–H groups in total. The molecule has 6 nitrogen and oxygen atoms in total. The maximum Gasteiger partial charge on any atom is 0.224 e. The highest BCUT2D eigenvalue weighted by molar-refractivity contribution is 5.79. The monoisotopic (exact) mass is 436 g/mol. The Morgan fingerprint density at radius 2 is 1.69 bits per heavy atom. The molecular weight excluding hydrogens is 407 g/mol. The summed E-state index contributed by atoms with van der Waals surface area (Å²) in [6.45, 7) is 5.65. The second-order valence-corrected chi connectivity index (χ2v) is 8.24. The molecular formula is C25H29FN4O2. The van der Waals surface area contributed by atoms with Gasteiger partial charge < -0.3 is 15.0 Å². The highest BCUT2D eigenvalue weighted by Gasteiger charge is 2.22. The van der Waals surface area contributed by atoms with E-state index in [4.69, 9.17) is 4.74 Å². The Labute approximate surface area is 188 Å². The van der Waals surface area contributed by atoms with Crippen LogP contribution in [0.5, 0.6) is 5.75 Å². The van der Waals surface area contributed by atoms with Crippen LogP contribution in [-0.4, -0.2) is 41.9 Å². The number of anilines is 1. The van der Waals surface area contributed by atoms with E-state index in [1.54, 1.807) is 23.9 Å². The first-order valence-electron chi connectivity index (χ1n) is 10.9. The molecule has 3 aromatic rings. The molecule has 1 saturated heterocycles. The van der Waals surface area contributed by atoms with Crippen molar-refractivity contribution in [2.24, 2.45) is 0 Å². The molecule has 0 spiro atoms. The molecule has 0 atom stereocenters. The number of methoxy groups -OCH3 is 1. The molecule has 0 radical (unpaired) electrons. The SMILES string of the molecule is COc1ccc(N2CCC(NC(=O)Cc3c(C)nn(-c4ccc(F)cc4)c3C)CC2)cc1. The molecule has 0 unspecified atom stereocenters. The summed E-state index contributed by atoms with van der Waals surface area (Å²) >= 11 is 0. The van der Waals surface area contributed by atoms with Gasteiger partial charge in [0.2, 0.25) is 5.91 Å². The van der Waals surface area contributed by atoms with E-state index in [1.807, 2.05) is 26.0 Å². The summed E-state index contributed by atoms with van der Waals surface area (Å²) < 4.78 is 20.2. The molecule has 1 aromatic heterocycles. The molecule has 32 heavy (non-hydrogen) atoms. The average molecular weight is 437 g/mol. The standard InChI is InChI=1S/C25H29FN4O2/c1-17-24(18(2)30(28-17)22-6-4-19(26)5-7-22)16-25(31)27-20-12-14-29(15-13-20)21-8-10-23(32-3)11-9-21/h4-11,20H,12-16H2,1-3H3,(H,27,31). The van der Waals surface area contributed by atoms with Crippen LogP contribution in [0.2, 0.25) is 0 Å². The number of aryl methyl sites for hydroxylation is 1. The summed E-state index contributed by atoms with van der Waals surface area (Å²) in [6, 6.07) is 14.5. The van der Waals surface area contributed by atoms with Gasteiger partial charge in [-0.25, -0.2) is 9.07 Å². The predicted molar refractivity (Wildman–Crippen MR) is 123 cm³/mol. The minimum absolute atomic E-state index is 0.0118. The van der Waals surface area contributed by atoms with Crippen LogP contribution in [0.15, 0.2) is 48.5 Å². The Balaban J connectivity index is 1.34. The number of hydrogen-bond acceptors (Lipinski definition) is 4. The number of ether oxygens (including phenoxy) is 1. The lowest BCUT2D eigenvalue weighted by Crippen LogP contribution is -2.45. The third kappa shape index (κ3) is 4.77. The molecule has 7 heteroatoms. The van der Waals surface area contributed by atoms with Crippen LogP contribution in [0.25, 0.3) is 5.69 Å². The van der Waals surface area contributed by atoms with Crippen molar-refractivity contribution in [3.05, 3.63) is 71.3 Å². The number of carbonyl (C=O) groups excluding carboxylic acids is 1. The van der Waals surface area contributed by atoms with E-state index in [0.717, 1.165) is 54.3 Å². The smallest absolute Gasteiger partial charge is 0.224 e. The third-order valence-electron chi connectivity index (χ3n) is 6.15. The van der Waals surface area contributed by atoms with Crippen molar-refractivity contribution in [3.63, 3.8) is 0 Å². The number of nitrogens with zero attached hydrogens (tertiary/aromatic N) is 3. The summed E-state index contributed by atoms with van der Waals surface area (Å²) in [5, 5.41) is 7.76. The van der Waals surface area contributed by atoms with Crippen LogP contribution in [0.3, 0.4) is 0 Å². The van der Waals surface area contributed by atoms with E-state index in [9.17, 15) is 9.18 Å². The van der Waals surface area contributed by atoms with E-state index >= 15 is 0 Å². The van der Waals surface area contributed by atoms with Crippen LogP contribution < -0.4 is 15.0 Å². The summed E-state index contributed by atoms with van der Waals surface area (Å²) in [5.74, 6) is 0.579. The molecule has 168 valence electrons. The number of nitrogens with one attached hydrogen (secondary N) is 1. The van der Waals surface area contributed by atoms with Crippen molar-refractivity contribution in [1.82, 2.24) is 15.1 Å². The second kappa shape index (κ2) is 9.42. The Kier molecular flexibility index (Phi) is 6.44. The number of benzene rings is 2. The zero-order chi connectivity index (χ0) is 22.7. The molecule has 1 fully saturated rings. The Bertz CT molecular complexity index is 1070. The number of rotatable bonds is 6. The molecule has 1 aliphatic heterocycles. The fourth-order valence-electron chi connectivity index (χ4n) is 4.28. The van der Waals surface area contributed by atoms with Crippen LogP contribution in [0, 0.1) is 19.7 Å². The molecule has 4 rings (SSSR count).